The number of benzene rings is 2. The number of aromatic hydroxyl groups is 1. The number of carbonyl (C=O) groups is 2. The Bertz CT molecular complexity index is 995. The Balaban J connectivity index is 1.98. The molecule has 0 atom stereocenters. The lowest BCUT2D eigenvalue weighted by Gasteiger charge is -2.06. The van der Waals surface area contributed by atoms with Crippen molar-refractivity contribution >= 4 is 39.0 Å². The van der Waals surface area contributed by atoms with Crippen LogP contribution in [0.4, 0.5) is 4.39 Å². The number of aromatic carboxylic acids is 1. The average Bonchev–Trinajstić information content (AvgIpc) is 3.01. The van der Waals surface area contributed by atoms with E-state index in [-0.39, 0.29) is 23.3 Å². The molecular formula is C19H12BrFO4S. The monoisotopic (exact) mass is 434 g/mol. The van der Waals surface area contributed by atoms with Crippen molar-refractivity contribution in [2.45, 2.75) is 6.42 Å². The fraction of sp³-hybridized carbons (Fsp3) is 0.0526. The fourth-order valence-electron chi connectivity index (χ4n) is 2.57. The molecule has 26 heavy (non-hydrogen) atoms. The summed E-state index contributed by atoms with van der Waals surface area (Å²) in [4.78, 5) is 24.7. The van der Waals surface area contributed by atoms with Gasteiger partial charge in [-0.2, -0.15) is 0 Å². The maximum atomic E-state index is 13.4. The van der Waals surface area contributed by atoms with Gasteiger partial charge in [0.05, 0.1) is 11.1 Å². The molecule has 0 aliphatic rings. The maximum Gasteiger partial charge on any atom is 0.337 e. The fourth-order valence-corrected chi connectivity index (χ4v) is 3.91. The standard InChI is InChI=1S/C19H12BrFO4S/c20-12-3-1-10(2-4-12)18-17(19(24)25)11(9-26-18)7-16(23)14-8-13(21)5-6-15(14)22/h1-6,8-9,22H,7H2,(H,24,25). The van der Waals surface area contributed by atoms with Gasteiger partial charge >= 0.3 is 5.97 Å². The number of phenolic OH excluding ortho intramolecular Hbond substituents is 1. The van der Waals surface area contributed by atoms with E-state index in [1.54, 1.807) is 29.6 Å². The number of carboxylic acid groups (broad SMARTS) is 1. The van der Waals surface area contributed by atoms with E-state index < -0.39 is 17.6 Å². The molecule has 0 spiro atoms. The number of halogens is 2. The molecular weight excluding hydrogens is 423 g/mol. The third kappa shape index (κ3) is 3.68. The highest BCUT2D eigenvalue weighted by Gasteiger charge is 2.22. The molecule has 132 valence electrons. The first-order valence-corrected chi connectivity index (χ1v) is 9.15. The molecule has 2 aromatic carbocycles. The van der Waals surface area contributed by atoms with Gasteiger partial charge < -0.3 is 10.2 Å². The molecule has 0 fully saturated rings. The van der Waals surface area contributed by atoms with Gasteiger partial charge in [-0.15, -0.1) is 11.3 Å². The molecule has 0 aliphatic heterocycles. The quantitative estimate of drug-likeness (QED) is 0.544. The summed E-state index contributed by atoms with van der Waals surface area (Å²) in [5.74, 6) is -2.68. The SMILES string of the molecule is O=C(Cc1csc(-c2ccc(Br)cc2)c1C(=O)O)c1cc(F)ccc1O. The first kappa shape index (κ1) is 18.3. The largest absolute Gasteiger partial charge is 0.507 e. The normalized spacial score (nSPS) is 10.7. The molecule has 3 rings (SSSR count). The van der Waals surface area contributed by atoms with Gasteiger partial charge in [-0.3, -0.25) is 4.79 Å². The second-order valence-corrected chi connectivity index (χ2v) is 7.33. The van der Waals surface area contributed by atoms with Crippen molar-refractivity contribution in [3.63, 3.8) is 0 Å². The van der Waals surface area contributed by atoms with Crippen molar-refractivity contribution in [2.24, 2.45) is 0 Å². The lowest BCUT2D eigenvalue weighted by Crippen LogP contribution is -2.08. The number of thiophene rings is 1. The number of ketones is 1. The lowest BCUT2D eigenvalue weighted by atomic mass is 9.99. The molecule has 1 aromatic heterocycles. The van der Waals surface area contributed by atoms with Gasteiger partial charge in [-0.05, 0) is 46.8 Å². The first-order valence-electron chi connectivity index (χ1n) is 7.48. The number of carboxylic acids is 1. The van der Waals surface area contributed by atoms with E-state index in [2.05, 4.69) is 15.9 Å². The Labute approximate surface area is 160 Å². The average molecular weight is 435 g/mol. The number of phenols is 1. The van der Waals surface area contributed by atoms with Crippen molar-refractivity contribution in [1.29, 1.82) is 0 Å². The van der Waals surface area contributed by atoms with Gasteiger partial charge in [0.25, 0.3) is 0 Å². The minimum Gasteiger partial charge on any atom is -0.507 e. The van der Waals surface area contributed by atoms with Gasteiger partial charge in [0, 0.05) is 15.8 Å². The van der Waals surface area contributed by atoms with Crippen LogP contribution in [0.1, 0.15) is 26.3 Å². The predicted molar refractivity (Wildman–Crippen MR) is 101 cm³/mol. The van der Waals surface area contributed by atoms with Crippen LogP contribution in [0, 0.1) is 5.82 Å². The summed E-state index contributed by atoms with van der Waals surface area (Å²) < 4.78 is 14.2. The lowest BCUT2D eigenvalue weighted by molar-refractivity contribution is 0.0697. The van der Waals surface area contributed by atoms with Crippen LogP contribution in [0.2, 0.25) is 0 Å². The molecule has 0 aliphatic carbocycles. The van der Waals surface area contributed by atoms with Crippen molar-refractivity contribution in [3.05, 3.63) is 74.8 Å². The zero-order valence-electron chi connectivity index (χ0n) is 13.2. The Morgan fingerprint density at radius 3 is 2.46 bits per heavy atom. The van der Waals surface area contributed by atoms with Crippen molar-refractivity contribution in [3.8, 4) is 16.2 Å². The van der Waals surface area contributed by atoms with E-state index in [9.17, 15) is 24.2 Å². The van der Waals surface area contributed by atoms with Gasteiger partial charge in [0.1, 0.15) is 11.6 Å². The highest BCUT2D eigenvalue weighted by molar-refractivity contribution is 9.10. The maximum absolute atomic E-state index is 13.4. The van der Waals surface area contributed by atoms with E-state index in [0.717, 1.165) is 28.2 Å². The number of rotatable bonds is 5. The van der Waals surface area contributed by atoms with Gasteiger partial charge in [0.2, 0.25) is 0 Å². The van der Waals surface area contributed by atoms with E-state index in [1.807, 2.05) is 0 Å². The number of hydrogen-bond acceptors (Lipinski definition) is 4. The van der Waals surface area contributed by atoms with Crippen LogP contribution in [0.3, 0.4) is 0 Å². The predicted octanol–water partition coefficient (Wildman–Crippen LogP) is 5.15. The van der Waals surface area contributed by atoms with Crippen LogP contribution < -0.4 is 0 Å². The smallest absolute Gasteiger partial charge is 0.337 e. The highest BCUT2D eigenvalue weighted by Crippen LogP contribution is 2.34. The molecule has 0 saturated heterocycles. The third-order valence-corrected chi connectivity index (χ3v) is 5.40. The zero-order chi connectivity index (χ0) is 18.8. The van der Waals surface area contributed by atoms with Crippen LogP contribution in [0.5, 0.6) is 5.75 Å². The summed E-state index contributed by atoms with van der Waals surface area (Å²) in [5.41, 5.74) is 0.927. The Hall–Kier alpha value is -2.51. The molecule has 0 saturated carbocycles. The molecule has 3 aromatic rings. The van der Waals surface area contributed by atoms with E-state index in [1.165, 1.54) is 11.3 Å². The van der Waals surface area contributed by atoms with E-state index >= 15 is 0 Å². The highest BCUT2D eigenvalue weighted by atomic mass is 79.9. The second-order valence-electron chi connectivity index (χ2n) is 5.54. The van der Waals surface area contributed by atoms with Crippen LogP contribution in [0.15, 0.2) is 52.3 Å². The topological polar surface area (TPSA) is 74.6 Å². The molecule has 0 unspecified atom stereocenters. The number of carbonyl (C=O) groups excluding carboxylic acids is 1. The van der Waals surface area contributed by atoms with E-state index in [0.29, 0.717) is 10.4 Å². The summed E-state index contributed by atoms with van der Waals surface area (Å²) >= 11 is 4.55. The molecule has 2 N–H and O–H groups in total. The first-order chi connectivity index (χ1) is 12.4. The number of Topliss-reactive ketones (excluding diaryl/α,β-unsaturated/α-hetero) is 1. The molecule has 1 heterocycles. The molecule has 0 amide bonds. The summed E-state index contributed by atoms with van der Waals surface area (Å²) in [6, 6.07) is 10.3. The zero-order valence-corrected chi connectivity index (χ0v) is 15.6. The van der Waals surface area contributed by atoms with Crippen LogP contribution in [0.25, 0.3) is 10.4 Å². The Morgan fingerprint density at radius 1 is 1.12 bits per heavy atom. The van der Waals surface area contributed by atoms with Crippen molar-refractivity contribution in [2.75, 3.05) is 0 Å². The molecule has 0 radical (unpaired) electrons. The molecule has 4 nitrogen and oxygen atoms in total. The van der Waals surface area contributed by atoms with Gasteiger partial charge in [0.15, 0.2) is 5.78 Å². The van der Waals surface area contributed by atoms with E-state index in [4.69, 9.17) is 0 Å². The Morgan fingerprint density at radius 2 is 1.81 bits per heavy atom. The third-order valence-electron chi connectivity index (χ3n) is 3.80. The Kier molecular flexibility index (Phi) is 5.20. The number of hydrogen-bond donors (Lipinski definition) is 2. The summed E-state index contributed by atoms with van der Waals surface area (Å²) in [5, 5.41) is 21.0. The summed E-state index contributed by atoms with van der Waals surface area (Å²) in [7, 11) is 0. The van der Waals surface area contributed by atoms with Crippen molar-refractivity contribution < 1.29 is 24.2 Å². The summed E-state index contributed by atoms with van der Waals surface area (Å²) in [6.45, 7) is 0. The summed E-state index contributed by atoms with van der Waals surface area (Å²) in [6.07, 6.45) is -0.244. The van der Waals surface area contributed by atoms with Gasteiger partial charge in [-0.25, -0.2) is 9.18 Å². The van der Waals surface area contributed by atoms with Gasteiger partial charge in [-0.1, -0.05) is 28.1 Å². The second kappa shape index (κ2) is 7.39. The molecule has 0 bridgehead atoms. The van der Waals surface area contributed by atoms with Crippen LogP contribution in [-0.2, 0) is 6.42 Å². The van der Waals surface area contributed by atoms with Crippen LogP contribution in [-0.4, -0.2) is 22.0 Å². The van der Waals surface area contributed by atoms with Crippen molar-refractivity contribution in [1.82, 2.24) is 0 Å². The minimum absolute atomic E-state index is 0.0431. The molecule has 7 heteroatoms. The van der Waals surface area contributed by atoms with Crippen LogP contribution >= 0.6 is 27.3 Å². The minimum atomic E-state index is -1.14.